The van der Waals surface area contributed by atoms with Crippen LogP contribution in [0.1, 0.15) is 5.56 Å². The number of hydrazine groups is 1. The molecule has 28 heavy (non-hydrogen) atoms. The number of hydrogen-bond donors (Lipinski definition) is 1. The van der Waals surface area contributed by atoms with Crippen molar-refractivity contribution in [1.82, 2.24) is 0 Å². The lowest BCUT2D eigenvalue weighted by atomic mass is 9.90. The summed E-state index contributed by atoms with van der Waals surface area (Å²) in [5.41, 5.74) is 11.9. The molecule has 0 spiro atoms. The predicted molar refractivity (Wildman–Crippen MR) is 119 cm³/mol. The Morgan fingerprint density at radius 3 is 2.04 bits per heavy atom. The standard InChI is InChI=1S/C25H19ClN2/c26-22-13-7-8-14-24(22)28-17-21-23(27-28)16-15-20(18-9-3-1-4-10-18)25(21)19-11-5-2-6-12-19/h1-16,27H,17H2. The quantitative estimate of drug-likeness (QED) is 0.409. The molecule has 0 fully saturated rings. The molecule has 1 N–H and O–H groups in total. The second-order valence-corrected chi connectivity index (χ2v) is 7.30. The van der Waals surface area contributed by atoms with Crippen LogP contribution < -0.4 is 10.4 Å². The summed E-state index contributed by atoms with van der Waals surface area (Å²) in [6, 6.07) is 33.5. The molecule has 4 aromatic carbocycles. The normalized spacial score (nSPS) is 12.5. The van der Waals surface area contributed by atoms with Gasteiger partial charge in [-0.05, 0) is 40.5 Å². The fourth-order valence-electron chi connectivity index (χ4n) is 3.87. The zero-order valence-corrected chi connectivity index (χ0v) is 16.0. The van der Waals surface area contributed by atoms with Crippen molar-refractivity contribution in [2.75, 3.05) is 10.4 Å². The van der Waals surface area contributed by atoms with Crippen LogP contribution in [-0.4, -0.2) is 0 Å². The van der Waals surface area contributed by atoms with Crippen LogP contribution in [0.25, 0.3) is 22.3 Å². The van der Waals surface area contributed by atoms with Gasteiger partial charge in [-0.2, -0.15) is 0 Å². The maximum atomic E-state index is 6.45. The minimum Gasteiger partial charge on any atom is -0.298 e. The van der Waals surface area contributed by atoms with E-state index in [1.165, 1.54) is 27.8 Å². The molecule has 0 unspecified atom stereocenters. The van der Waals surface area contributed by atoms with Crippen LogP contribution >= 0.6 is 11.6 Å². The maximum absolute atomic E-state index is 6.45. The van der Waals surface area contributed by atoms with Crippen molar-refractivity contribution in [3.8, 4) is 22.3 Å². The van der Waals surface area contributed by atoms with Gasteiger partial charge in [0, 0.05) is 5.56 Å². The van der Waals surface area contributed by atoms with Gasteiger partial charge in [-0.25, -0.2) is 0 Å². The van der Waals surface area contributed by atoms with E-state index in [4.69, 9.17) is 11.6 Å². The zero-order valence-electron chi connectivity index (χ0n) is 15.3. The van der Waals surface area contributed by atoms with Gasteiger partial charge in [0.05, 0.1) is 22.9 Å². The van der Waals surface area contributed by atoms with Gasteiger partial charge in [0.2, 0.25) is 0 Å². The van der Waals surface area contributed by atoms with Crippen LogP contribution in [0.5, 0.6) is 0 Å². The molecule has 1 aliphatic heterocycles. The monoisotopic (exact) mass is 382 g/mol. The summed E-state index contributed by atoms with van der Waals surface area (Å²) in [6.45, 7) is 0.754. The number of fused-ring (bicyclic) bond motifs is 1. The molecule has 2 nitrogen and oxygen atoms in total. The lowest BCUT2D eigenvalue weighted by Gasteiger charge is -2.19. The van der Waals surface area contributed by atoms with Gasteiger partial charge in [0.1, 0.15) is 0 Å². The van der Waals surface area contributed by atoms with E-state index < -0.39 is 0 Å². The van der Waals surface area contributed by atoms with Crippen LogP contribution in [-0.2, 0) is 6.54 Å². The molecule has 0 radical (unpaired) electrons. The van der Waals surface area contributed by atoms with Crippen molar-refractivity contribution < 1.29 is 0 Å². The number of nitrogens with zero attached hydrogens (tertiary/aromatic N) is 1. The molecule has 136 valence electrons. The van der Waals surface area contributed by atoms with Gasteiger partial charge >= 0.3 is 0 Å². The number of rotatable bonds is 3. The van der Waals surface area contributed by atoms with Crippen LogP contribution in [0.4, 0.5) is 11.4 Å². The van der Waals surface area contributed by atoms with Crippen LogP contribution in [0, 0.1) is 0 Å². The van der Waals surface area contributed by atoms with Gasteiger partial charge in [-0.15, -0.1) is 0 Å². The fraction of sp³-hybridized carbons (Fsp3) is 0.0400. The molecule has 0 saturated heterocycles. The Kier molecular flexibility index (Phi) is 4.27. The second kappa shape index (κ2) is 7.06. The number of nitrogens with one attached hydrogen (secondary N) is 1. The first-order valence-corrected chi connectivity index (χ1v) is 9.74. The van der Waals surface area contributed by atoms with E-state index in [0.29, 0.717) is 0 Å². The molecule has 0 amide bonds. The average Bonchev–Trinajstić information content (AvgIpc) is 3.18. The van der Waals surface area contributed by atoms with Gasteiger partial charge in [-0.3, -0.25) is 10.4 Å². The third-order valence-electron chi connectivity index (χ3n) is 5.18. The van der Waals surface area contributed by atoms with E-state index in [1.807, 2.05) is 24.3 Å². The summed E-state index contributed by atoms with van der Waals surface area (Å²) in [7, 11) is 0. The first kappa shape index (κ1) is 16.9. The van der Waals surface area contributed by atoms with E-state index in [9.17, 15) is 0 Å². The lowest BCUT2D eigenvalue weighted by Crippen LogP contribution is -2.22. The maximum Gasteiger partial charge on any atom is 0.0762 e. The Morgan fingerprint density at radius 2 is 1.32 bits per heavy atom. The molecule has 3 heteroatoms. The Morgan fingerprint density at radius 1 is 0.679 bits per heavy atom. The van der Waals surface area contributed by atoms with E-state index in [2.05, 4.69) is 83.2 Å². The Balaban J connectivity index is 1.67. The minimum atomic E-state index is 0.743. The summed E-state index contributed by atoms with van der Waals surface area (Å²) >= 11 is 6.45. The van der Waals surface area contributed by atoms with Crippen molar-refractivity contribution in [3.05, 3.63) is 108 Å². The highest BCUT2D eigenvalue weighted by molar-refractivity contribution is 6.33. The molecule has 1 aliphatic rings. The third kappa shape index (κ3) is 2.92. The summed E-state index contributed by atoms with van der Waals surface area (Å²) in [4.78, 5) is 0. The molecule has 0 aliphatic carbocycles. The fourth-order valence-corrected chi connectivity index (χ4v) is 4.11. The zero-order chi connectivity index (χ0) is 18.9. The first-order chi connectivity index (χ1) is 13.8. The molecule has 5 rings (SSSR count). The highest BCUT2D eigenvalue weighted by Crippen LogP contribution is 2.43. The number of benzene rings is 4. The average molecular weight is 383 g/mol. The molecular formula is C25H19ClN2. The molecule has 0 aromatic heterocycles. The van der Waals surface area contributed by atoms with Crippen molar-refractivity contribution >= 4 is 23.0 Å². The summed E-state index contributed by atoms with van der Waals surface area (Å²) in [5, 5.41) is 2.86. The largest absolute Gasteiger partial charge is 0.298 e. The van der Waals surface area contributed by atoms with Crippen molar-refractivity contribution in [1.29, 1.82) is 0 Å². The summed E-state index contributed by atoms with van der Waals surface area (Å²) < 4.78 is 0. The highest BCUT2D eigenvalue weighted by Gasteiger charge is 2.25. The van der Waals surface area contributed by atoms with E-state index >= 15 is 0 Å². The summed E-state index contributed by atoms with van der Waals surface area (Å²) in [6.07, 6.45) is 0. The summed E-state index contributed by atoms with van der Waals surface area (Å²) in [5.74, 6) is 0. The van der Waals surface area contributed by atoms with Gasteiger partial charge in [0.25, 0.3) is 0 Å². The Bertz CT molecular complexity index is 1120. The van der Waals surface area contributed by atoms with E-state index in [0.717, 1.165) is 22.9 Å². The molecule has 1 heterocycles. The van der Waals surface area contributed by atoms with Crippen molar-refractivity contribution in [3.63, 3.8) is 0 Å². The number of anilines is 2. The Hall–Kier alpha value is -3.23. The molecule has 0 saturated carbocycles. The topological polar surface area (TPSA) is 15.3 Å². The molecule has 4 aromatic rings. The van der Waals surface area contributed by atoms with E-state index in [-0.39, 0.29) is 0 Å². The molecule has 0 bridgehead atoms. The van der Waals surface area contributed by atoms with Crippen LogP contribution in [0.2, 0.25) is 5.02 Å². The number of halogens is 1. The minimum absolute atomic E-state index is 0.743. The molecule has 0 atom stereocenters. The number of para-hydroxylation sites is 1. The highest BCUT2D eigenvalue weighted by atomic mass is 35.5. The van der Waals surface area contributed by atoms with Crippen molar-refractivity contribution in [2.45, 2.75) is 6.54 Å². The first-order valence-electron chi connectivity index (χ1n) is 9.37. The van der Waals surface area contributed by atoms with Gasteiger partial charge < -0.3 is 0 Å². The SMILES string of the molecule is Clc1ccccc1N1Cc2c(ccc(-c3ccccc3)c2-c2ccccc2)N1. The molecular weight excluding hydrogens is 364 g/mol. The predicted octanol–water partition coefficient (Wildman–Crippen LogP) is 7.02. The lowest BCUT2D eigenvalue weighted by molar-refractivity contribution is 0.971. The second-order valence-electron chi connectivity index (χ2n) is 6.90. The van der Waals surface area contributed by atoms with Crippen LogP contribution in [0.3, 0.4) is 0 Å². The number of hydrogen-bond acceptors (Lipinski definition) is 2. The van der Waals surface area contributed by atoms with Gasteiger partial charge in [-0.1, -0.05) is 90.5 Å². The van der Waals surface area contributed by atoms with Gasteiger partial charge in [0.15, 0.2) is 0 Å². The Labute approximate surface area is 170 Å². The smallest absolute Gasteiger partial charge is 0.0762 e. The third-order valence-corrected chi connectivity index (χ3v) is 5.49. The van der Waals surface area contributed by atoms with E-state index in [1.54, 1.807) is 0 Å². The van der Waals surface area contributed by atoms with Crippen LogP contribution in [0.15, 0.2) is 97.1 Å². The van der Waals surface area contributed by atoms with Crippen molar-refractivity contribution in [2.24, 2.45) is 0 Å².